The summed E-state index contributed by atoms with van der Waals surface area (Å²) in [4.78, 5) is 0. The number of ether oxygens (including phenoxy) is 1. The first-order valence-corrected chi connectivity index (χ1v) is 6.83. The SMILES string of the molecule is Cc1cc(C)c(C)c(C(N)C2(C)CCCO2)c1C. The van der Waals surface area contributed by atoms with Crippen molar-refractivity contribution in [2.24, 2.45) is 5.73 Å². The minimum Gasteiger partial charge on any atom is -0.373 e. The van der Waals surface area contributed by atoms with Crippen molar-refractivity contribution in [2.45, 2.75) is 59.1 Å². The molecule has 1 aliphatic rings. The van der Waals surface area contributed by atoms with Gasteiger partial charge in [-0.2, -0.15) is 0 Å². The zero-order chi connectivity index (χ0) is 13.5. The van der Waals surface area contributed by atoms with Gasteiger partial charge in [-0.25, -0.2) is 0 Å². The summed E-state index contributed by atoms with van der Waals surface area (Å²) in [5.41, 5.74) is 12.9. The molecule has 1 heterocycles. The topological polar surface area (TPSA) is 35.2 Å². The maximum atomic E-state index is 6.55. The van der Waals surface area contributed by atoms with Gasteiger partial charge in [0.05, 0.1) is 11.6 Å². The fourth-order valence-electron chi connectivity index (χ4n) is 3.07. The molecule has 2 N–H and O–H groups in total. The maximum absolute atomic E-state index is 6.55. The third-order valence-corrected chi connectivity index (χ3v) is 4.64. The van der Waals surface area contributed by atoms with Crippen LogP contribution >= 0.6 is 0 Å². The molecular weight excluding hydrogens is 222 g/mol. The quantitative estimate of drug-likeness (QED) is 0.868. The van der Waals surface area contributed by atoms with Crippen LogP contribution in [0.5, 0.6) is 0 Å². The number of nitrogens with two attached hydrogens (primary N) is 1. The lowest BCUT2D eigenvalue weighted by Crippen LogP contribution is -2.38. The van der Waals surface area contributed by atoms with Crippen LogP contribution in [-0.4, -0.2) is 12.2 Å². The summed E-state index contributed by atoms with van der Waals surface area (Å²) in [5, 5.41) is 0. The molecule has 0 aliphatic carbocycles. The molecule has 1 saturated heterocycles. The molecule has 0 aromatic heterocycles. The lowest BCUT2D eigenvalue weighted by molar-refractivity contribution is -0.00206. The van der Waals surface area contributed by atoms with E-state index in [0.717, 1.165) is 19.4 Å². The van der Waals surface area contributed by atoms with Gasteiger partial charge in [-0.15, -0.1) is 0 Å². The van der Waals surface area contributed by atoms with Crippen molar-refractivity contribution in [1.29, 1.82) is 0 Å². The number of benzene rings is 1. The Morgan fingerprint density at radius 1 is 1.17 bits per heavy atom. The van der Waals surface area contributed by atoms with E-state index in [-0.39, 0.29) is 11.6 Å². The van der Waals surface area contributed by atoms with Gasteiger partial charge in [-0.05, 0) is 75.3 Å². The van der Waals surface area contributed by atoms with Crippen molar-refractivity contribution >= 4 is 0 Å². The van der Waals surface area contributed by atoms with E-state index in [9.17, 15) is 0 Å². The molecule has 2 nitrogen and oxygen atoms in total. The van der Waals surface area contributed by atoms with Crippen molar-refractivity contribution in [3.8, 4) is 0 Å². The Kier molecular flexibility index (Phi) is 3.52. The molecule has 0 spiro atoms. The van der Waals surface area contributed by atoms with Gasteiger partial charge in [-0.1, -0.05) is 6.07 Å². The lowest BCUT2D eigenvalue weighted by atomic mass is 9.82. The second-order valence-corrected chi connectivity index (χ2v) is 5.92. The van der Waals surface area contributed by atoms with Crippen LogP contribution in [-0.2, 0) is 4.74 Å². The highest BCUT2D eigenvalue weighted by Gasteiger charge is 2.38. The Hall–Kier alpha value is -0.860. The normalized spacial score (nSPS) is 25.4. The molecule has 1 aliphatic heterocycles. The summed E-state index contributed by atoms with van der Waals surface area (Å²) in [6.07, 6.45) is 2.17. The van der Waals surface area contributed by atoms with Gasteiger partial charge in [0.25, 0.3) is 0 Å². The van der Waals surface area contributed by atoms with Crippen LogP contribution in [0.1, 0.15) is 53.6 Å². The number of rotatable bonds is 2. The summed E-state index contributed by atoms with van der Waals surface area (Å²) in [5.74, 6) is 0. The fourth-order valence-corrected chi connectivity index (χ4v) is 3.07. The smallest absolute Gasteiger partial charge is 0.0847 e. The summed E-state index contributed by atoms with van der Waals surface area (Å²) in [6.45, 7) is 11.7. The Morgan fingerprint density at radius 2 is 1.72 bits per heavy atom. The summed E-state index contributed by atoms with van der Waals surface area (Å²) in [6, 6.07) is 2.22. The Bertz CT molecular complexity index is 432. The monoisotopic (exact) mass is 247 g/mol. The van der Waals surface area contributed by atoms with Crippen LogP contribution in [0.25, 0.3) is 0 Å². The van der Waals surface area contributed by atoms with Crippen molar-refractivity contribution in [3.05, 3.63) is 33.9 Å². The van der Waals surface area contributed by atoms with E-state index < -0.39 is 0 Å². The second kappa shape index (κ2) is 4.67. The summed E-state index contributed by atoms with van der Waals surface area (Å²) < 4.78 is 5.92. The van der Waals surface area contributed by atoms with E-state index in [1.165, 1.54) is 27.8 Å². The average Bonchev–Trinajstić information content (AvgIpc) is 2.75. The average molecular weight is 247 g/mol. The molecule has 0 bridgehead atoms. The highest BCUT2D eigenvalue weighted by Crippen LogP contribution is 2.39. The van der Waals surface area contributed by atoms with Crippen LogP contribution in [0, 0.1) is 27.7 Å². The van der Waals surface area contributed by atoms with Crippen molar-refractivity contribution in [1.82, 2.24) is 0 Å². The molecule has 2 heteroatoms. The van der Waals surface area contributed by atoms with Gasteiger partial charge in [0, 0.05) is 6.61 Å². The predicted molar refractivity (Wildman–Crippen MR) is 75.9 cm³/mol. The molecule has 0 saturated carbocycles. The molecule has 1 fully saturated rings. The summed E-state index contributed by atoms with van der Waals surface area (Å²) in [7, 11) is 0. The highest BCUT2D eigenvalue weighted by atomic mass is 16.5. The molecule has 2 unspecified atom stereocenters. The van der Waals surface area contributed by atoms with Crippen molar-refractivity contribution in [2.75, 3.05) is 6.61 Å². The van der Waals surface area contributed by atoms with Gasteiger partial charge in [-0.3, -0.25) is 0 Å². The number of aryl methyl sites for hydroxylation is 2. The highest BCUT2D eigenvalue weighted by molar-refractivity contribution is 5.46. The second-order valence-electron chi connectivity index (χ2n) is 5.92. The lowest BCUT2D eigenvalue weighted by Gasteiger charge is -2.33. The molecule has 0 amide bonds. The molecule has 1 aromatic carbocycles. The minimum absolute atomic E-state index is 0.0291. The molecule has 0 radical (unpaired) electrons. The molecule has 1 aromatic rings. The van der Waals surface area contributed by atoms with Crippen LogP contribution < -0.4 is 5.73 Å². The fraction of sp³-hybridized carbons (Fsp3) is 0.625. The summed E-state index contributed by atoms with van der Waals surface area (Å²) >= 11 is 0. The van der Waals surface area contributed by atoms with Gasteiger partial charge < -0.3 is 10.5 Å². The maximum Gasteiger partial charge on any atom is 0.0847 e. The van der Waals surface area contributed by atoms with E-state index in [2.05, 4.69) is 40.7 Å². The third kappa shape index (κ3) is 2.08. The third-order valence-electron chi connectivity index (χ3n) is 4.64. The van der Waals surface area contributed by atoms with E-state index in [0.29, 0.717) is 0 Å². The van der Waals surface area contributed by atoms with Crippen LogP contribution in [0.4, 0.5) is 0 Å². The Labute approximate surface area is 111 Å². The standard InChI is InChI=1S/C16H25NO/c1-10-9-11(2)13(4)14(12(10)3)15(17)16(5)7-6-8-18-16/h9,15H,6-8,17H2,1-5H3. The molecule has 2 rings (SSSR count). The van der Waals surface area contributed by atoms with Gasteiger partial charge in [0.2, 0.25) is 0 Å². The number of hydrogen-bond donors (Lipinski definition) is 1. The molecular formula is C16H25NO. The largest absolute Gasteiger partial charge is 0.373 e. The van der Waals surface area contributed by atoms with E-state index >= 15 is 0 Å². The van der Waals surface area contributed by atoms with Crippen LogP contribution in [0.15, 0.2) is 6.07 Å². The van der Waals surface area contributed by atoms with Crippen LogP contribution in [0.3, 0.4) is 0 Å². The number of hydrogen-bond acceptors (Lipinski definition) is 2. The Balaban J connectivity index is 2.50. The van der Waals surface area contributed by atoms with Crippen LogP contribution in [0.2, 0.25) is 0 Å². The molecule has 100 valence electrons. The zero-order valence-corrected chi connectivity index (χ0v) is 12.3. The molecule has 2 atom stereocenters. The first-order chi connectivity index (χ1) is 8.37. The van der Waals surface area contributed by atoms with Gasteiger partial charge in [0.15, 0.2) is 0 Å². The zero-order valence-electron chi connectivity index (χ0n) is 12.3. The minimum atomic E-state index is -0.199. The van der Waals surface area contributed by atoms with E-state index in [1.54, 1.807) is 0 Å². The van der Waals surface area contributed by atoms with Gasteiger partial charge in [0.1, 0.15) is 0 Å². The molecule has 18 heavy (non-hydrogen) atoms. The van der Waals surface area contributed by atoms with Crippen molar-refractivity contribution < 1.29 is 4.74 Å². The van der Waals surface area contributed by atoms with Crippen molar-refractivity contribution in [3.63, 3.8) is 0 Å². The first-order valence-electron chi connectivity index (χ1n) is 6.83. The van der Waals surface area contributed by atoms with E-state index in [1.807, 2.05) is 0 Å². The van der Waals surface area contributed by atoms with E-state index in [4.69, 9.17) is 10.5 Å². The Morgan fingerprint density at radius 3 is 2.17 bits per heavy atom. The predicted octanol–water partition coefficient (Wildman–Crippen LogP) is 3.49. The first kappa shape index (κ1) is 13.6. The van der Waals surface area contributed by atoms with Gasteiger partial charge >= 0.3 is 0 Å².